The van der Waals surface area contributed by atoms with Crippen LogP contribution < -0.4 is 0 Å². The molecule has 0 aromatic rings. The van der Waals surface area contributed by atoms with Crippen molar-refractivity contribution < 1.29 is 14.0 Å². The van der Waals surface area contributed by atoms with Crippen molar-refractivity contribution in [3.8, 4) is 0 Å². The molecular formula is C8H16NO2+. The van der Waals surface area contributed by atoms with E-state index >= 15 is 0 Å². The van der Waals surface area contributed by atoms with E-state index < -0.39 is 0 Å². The van der Waals surface area contributed by atoms with Crippen LogP contribution in [-0.2, 0) is 9.53 Å². The second kappa shape index (κ2) is 2.48. The third kappa shape index (κ3) is 2.19. The number of rotatable bonds is 2. The maximum absolute atomic E-state index is 10.5. The quantitative estimate of drug-likeness (QED) is 0.429. The van der Waals surface area contributed by atoms with E-state index in [0.717, 1.165) is 10.9 Å². The first kappa shape index (κ1) is 8.53. The number of hydrogen-bond acceptors (Lipinski definition) is 2. The molecule has 0 unspecified atom stereocenters. The summed E-state index contributed by atoms with van der Waals surface area (Å²) in [4.78, 5) is 10.5. The molecule has 3 nitrogen and oxygen atoms in total. The van der Waals surface area contributed by atoms with E-state index in [1.54, 1.807) is 0 Å². The fourth-order valence-corrected chi connectivity index (χ4v) is 1.31. The van der Waals surface area contributed by atoms with Crippen molar-refractivity contribution in [2.24, 2.45) is 0 Å². The molecule has 0 radical (unpaired) electrons. The number of carbonyl (C=O) groups is 1. The highest BCUT2D eigenvalue weighted by Crippen LogP contribution is 2.33. The summed E-state index contributed by atoms with van der Waals surface area (Å²) >= 11 is 0. The van der Waals surface area contributed by atoms with Crippen molar-refractivity contribution in [1.29, 1.82) is 0 Å². The lowest BCUT2D eigenvalue weighted by Gasteiger charge is -2.23. The van der Waals surface area contributed by atoms with Gasteiger partial charge in [0, 0.05) is 13.3 Å². The average molecular weight is 158 g/mol. The van der Waals surface area contributed by atoms with Gasteiger partial charge in [0.05, 0.1) is 21.1 Å². The molecule has 0 spiro atoms. The first-order chi connectivity index (χ1) is 4.91. The van der Waals surface area contributed by atoms with Crippen LogP contribution in [0, 0.1) is 0 Å². The van der Waals surface area contributed by atoms with Gasteiger partial charge in [-0.05, 0) is 0 Å². The summed E-state index contributed by atoms with van der Waals surface area (Å²) in [7, 11) is 6.36. The van der Waals surface area contributed by atoms with Crippen LogP contribution in [0.5, 0.6) is 0 Å². The minimum absolute atomic E-state index is 0.161. The second-order valence-electron chi connectivity index (χ2n) is 4.07. The van der Waals surface area contributed by atoms with Crippen LogP contribution in [-0.4, -0.2) is 43.7 Å². The highest BCUT2D eigenvalue weighted by molar-refractivity contribution is 5.66. The number of hydrogen-bond donors (Lipinski definition) is 0. The molecule has 11 heavy (non-hydrogen) atoms. The molecule has 64 valence electrons. The minimum Gasteiger partial charge on any atom is -0.456 e. The summed E-state index contributed by atoms with van der Waals surface area (Å²) in [5.74, 6) is -0.161. The number of ether oxygens (including phenoxy) is 1. The van der Waals surface area contributed by atoms with Crippen LogP contribution in [0.2, 0.25) is 0 Å². The van der Waals surface area contributed by atoms with Gasteiger partial charge in [-0.25, -0.2) is 0 Å². The van der Waals surface area contributed by atoms with Crippen LogP contribution in [0.25, 0.3) is 0 Å². The molecule has 1 fully saturated rings. The van der Waals surface area contributed by atoms with Crippen molar-refractivity contribution in [3.63, 3.8) is 0 Å². The summed E-state index contributed by atoms with van der Waals surface area (Å²) in [6.07, 6.45) is 1.19. The minimum atomic E-state index is -0.161. The maximum atomic E-state index is 10.5. The Bertz CT molecular complexity index is 171. The molecule has 0 amide bonds. The van der Waals surface area contributed by atoms with Crippen LogP contribution in [0.3, 0.4) is 0 Å². The van der Waals surface area contributed by atoms with Crippen molar-refractivity contribution in [2.75, 3.05) is 21.1 Å². The fourth-order valence-electron chi connectivity index (χ4n) is 1.31. The van der Waals surface area contributed by atoms with Gasteiger partial charge in [-0.2, -0.15) is 0 Å². The zero-order valence-corrected chi connectivity index (χ0v) is 7.63. The largest absolute Gasteiger partial charge is 0.456 e. The van der Waals surface area contributed by atoms with E-state index in [4.69, 9.17) is 4.74 Å². The molecule has 2 atom stereocenters. The normalized spacial score (nSPS) is 29.8. The molecular weight excluding hydrogens is 142 g/mol. The highest BCUT2D eigenvalue weighted by atomic mass is 16.5. The molecule has 1 aliphatic rings. The standard InChI is InChI=1S/C8H16NO2/c1-6(10)11-8-5-7(8)9(2,3)4/h7-8H,5H2,1-4H3/q+1/t7-,8-/m0/s1. The van der Waals surface area contributed by atoms with Crippen LogP contribution >= 0.6 is 0 Å². The lowest BCUT2D eigenvalue weighted by Crippen LogP contribution is -2.39. The van der Waals surface area contributed by atoms with Crippen molar-refractivity contribution in [2.45, 2.75) is 25.5 Å². The number of likely N-dealkylation sites (N-methyl/N-ethyl adjacent to an activating group) is 1. The van der Waals surface area contributed by atoms with Gasteiger partial charge in [0.2, 0.25) is 0 Å². The SMILES string of the molecule is CC(=O)O[C@H]1C[C@@H]1[N+](C)(C)C. The first-order valence-electron chi connectivity index (χ1n) is 3.89. The molecule has 0 aliphatic heterocycles. The molecule has 1 saturated carbocycles. The maximum Gasteiger partial charge on any atom is 0.303 e. The van der Waals surface area contributed by atoms with E-state index in [1.807, 2.05) is 0 Å². The van der Waals surface area contributed by atoms with Crippen LogP contribution in [0.4, 0.5) is 0 Å². The molecule has 0 aromatic heterocycles. The molecule has 1 rings (SSSR count). The summed E-state index contributed by atoms with van der Waals surface area (Å²) in [5.41, 5.74) is 0. The van der Waals surface area contributed by atoms with Gasteiger partial charge in [-0.3, -0.25) is 4.79 Å². The Kier molecular flexibility index (Phi) is 1.92. The molecule has 0 heterocycles. The number of esters is 1. The average Bonchev–Trinajstić information content (AvgIpc) is 2.40. The van der Waals surface area contributed by atoms with Crippen molar-refractivity contribution >= 4 is 5.97 Å². The summed E-state index contributed by atoms with van der Waals surface area (Å²) in [6.45, 7) is 1.46. The lowest BCUT2D eigenvalue weighted by atomic mass is 10.5. The first-order valence-corrected chi connectivity index (χ1v) is 3.89. The Morgan fingerprint density at radius 1 is 1.45 bits per heavy atom. The van der Waals surface area contributed by atoms with Gasteiger partial charge in [-0.1, -0.05) is 0 Å². The Hall–Kier alpha value is -0.570. The van der Waals surface area contributed by atoms with Gasteiger partial charge < -0.3 is 9.22 Å². The zero-order chi connectivity index (χ0) is 8.65. The van der Waals surface area contributed by atoms with Gasteiger partial charge in [0.25, 0.3) is 0 Å². The van der Waals surface area contributed by atoms with Gasteiger partial charge >= 0.3 is 5.97 Å². The monoisotopic (exact) mass is 158 g/mol. The Morgan fingerprint density at radius 2 is 2.00 bits per heavy atom. The summed E-state index contributed by atoms with van der Waals surface area (Å²) < 4.78 is 5.93. The molecule has 0 aromatic carbocycles. The summed E-state index contributed by atoms with van der Waals surface area (Å²) in [6, 6.07) is 0.513. The molecule has 3 heteroatoms. The molecule has 0 N–H and O–H groups in total. The summed E-state index contributed by atoms with van der Waals surface area (Å²) in [5, 5.41) is 0. The third-order valence-corrected chi connectivity index (χ3v) is 2.01. The van der Waals surface area contributed by atoms with E-state index in [9.17, 15) is 4.79 Å². The smallest absolute Gasteiger partial charge is 0.303 e. The Morgan fingerprint density at radius 3 is 2.27 bits per heavy atom. The van der Waals surface area contributed by atoms with Gasteiger partial charge in [-0.15, -0.1) is 0 Å². The van der Waals surface area contributed by atoms with E-state index in [2.05, 4.69) is 21.1 Å². The van der Waals surface area contributed by atoms with E-state index in [-0.39, 0.29) is 12.1 Å². The zero-order valence-electron chi connectivity index (χ0n) is 7.63. The Balaban J connectivity index is 2.32. The Labute approximate surface area is 67.5 Å². The van der Waals surface area contributed by atoms with Gasteiger partial charge in [0.15, 0.2) is 6.10 Å². The number of nitrogens with zero attached hydrogens (tertiary/aromatic N) is 1. The van der Waals surface area contributed by atoms with E-state index in [0.29, 0.717) is 6.04 Å². The van der Waals surface area contributed by atoms with Crippen molar-refractivity contribution in [1.82, 2.24) is 0 Å². The number of quaternary nitrogens is 1. The third-order valence-electron chi connectivity index (χ3n) is 2.01. The predicted octanol–water partition coefficient (Wildman–Crippen LogP) is 0.397. The highest BCUT2D eigenvalue weighted by Gasteiger charge is 2.50. The van der Waals surface area contributed by atoms with Crippen LogP contribution in [0.15, 0.2) is 0 Å². The molecule has 1 aliphatic carbocycles. The van der Waals surface area contributed by atoms with Crippen LogP contribution in [0.1, 0.15) is 13.3 Å². The topological polar surface area (TPSA) is 26.3 Å². The molecule has 0 saturated heterocycles. The number of carbonyl (C=O) groups excluding carboxylic acids is 1. The molecule has 0 bridgehead atoms. The second-order valence-corrected chi connectivity index (χ2v) is 4.07. The van der Waals surface area contributed by atoms with Crippen molar-refractivity contribution in [3.05, 3.63) is 0 Å². The fraction of sp³-hybridized carbons (Fsp3) is 0.875. The van der Waals surface area contributed by atoms with Gasteiger partial charge in [0.1, 0.15) is 6.04 Å². The predicted molar refractivity (Wildman–Crippen MR) is 42.0 cm³/mol. The lowest BCUT2D eigenvalue weighted by molar-refractivity contribution is -0.882. The van der Waals surface area contributed by atoms with E-state index in [1.165, 1.54) is 6.92 Å².